The van der Waals surface area contributed by atoms with E-state index < -0.39 is 0 Å². The maximum atomic E-state index is 12.2. The molecule has 4 nitrogen and oxygen atoms in total. The summed E-state index contributed by atoms with van der Waals surface area (Å²) in [6.45, 7) is 3.41. The minimum absolute atomic E-state index is 0.0117. The molecule has 1 atom stereocenters. The number of aromatic nitrogens is 1. The van der Waals surface area contributed by atoms with E-state index in [1.165, 1.54) is 51.6 Å². The van der Waals surface area contributed by atoms with Crippen molar-refractivity contribution in [2.45, 2.75) is 51.0 Å². The van der Waals surface area contributed by atoms with E-state index in [1.807, 2.05) is 12.1 Å². The largest absolute Gasteiger partial charge is 0.348 e. The predicted molar refractivity (Wildman–Crippen MR) is 87.7 cm³/mol. The van der Waals surface area contributed by atoms with E-state index >= 15 is 0 Å². The molecule has 0 aromatic carbocycles. The summed E-state index contributed by atoms with van der Waals surface area (Å²) in [5, 5.41) is 3.18. The Hall–Kier alpha value is -1.42. The summed E-state index contributed by atoms with van der Waals surface area (Å²) in [5.74, 6) is 0.888. The third kappa shape index (κ3) is 4.29. The van der Waals surface area contributed by atoms with Gasteiger partial charge in [0.05, 0.1) is 5.56 Å². The van der Waals surface area contributed by atoms with E-state index in [1.54, 1.807) is 12.4 Å². The van der Waals surface area contributed by atoms with Crippen LogP contribution in [0.3, 0.4) is 0 Å². The van der Waals surface area contributed by atoms with Crippen LogP contribution in [0.25, 0.3) is 0 Å². The number of likely N-dealkylation sites (tertiary alicyclic amines) is 1. The first-order valence-corrected chi connectivity index (χ1v) is 8.74. The van der Waals surface area contributed by atoms with Crippen LogP contribution in [0.2, 0.25) is 0 Å². The molecule has 1 amide bonds. The Bertz CT molecular complexity index is 470. The Morgan fingerprint density at radius 3 is 2.86 bits per heavy atom. The van der Waals surface area contributed by atoms with Crippen molar-refractivity contribution in [1.29, 1.82) is 0 Å². The molecule has 1 unspecified atom stereocenters. The van der Waals surface area contributed by atoms with Gasteiger partial charge in [0.2, 0.25) is 0 Å². The highest BCUT2D eigenvalue weighted by molar-refractivity contribution is 5.94. The highest BCUT2D eigenvalue weighted by Gasteiger charge is 2.24. The molecule has 0 bridgehead atoms. The van der Waals surface area contributed by atoms with Crippen LogP contribution in [0, 0.1) is 5.92 Å². The second kappa shape index (κ2) is 7.73. The number of hydrogen-bond acceptors (Lipinski definition) is 3. The monoisotopic (exact) mass is 301 g/mol. The Labute approximate surface area is 133 Å². The number of nitrogens with one attached hydrogen (secondary N) is 1. The fourth-order valence-electron chi connectivity index (χ4n) is 3.84. The van der Waals surface area contributed by atoms with Gasteiger partial charge in [-0.25, -0.2) is 0 Å². The number of pyridine rings is 1. The third-order valence-electron chi connectivity index (χ3n) is 5.01. The van der Waals surface area contributed by atoms with E-state index in [9.17, 15) is 4.79 Å². The van der Waals surface area contributed by atoms with Gasteiger partial charge < -0.3 is 10.2 Å². The van der Waals surface area contributed by atoms with E-state index in [0.717, 1.165) is 18.9 Å². The lowest BCUT2D eigenvalue weighted by Crippen LogP contribution is -2.48. The number of nitrogens with zero attached hydrogens (tertiary/aromatic N) is 2. The lowest BCUT2D eigenvalue weighted by molar-refractivity contribution is 0.0889. The smallest absolute Gasteiger partial charge is 0.253 e. The Balaban J connectivity index is 1.49. The van der Waals surface area contributed by atoms with Gasteiger partial charge in [0.25, 0.3) is 5.91 Å². The van der Waals surface area contributed by atoms with Crippen LogP contribution in [-0.2, 0) is 0 Å². The quantitative estimate of drug-likeness (QED) is 0.930. The number of amides is 1. The molecule has 1 aromatic rings. The summed E-state index contributed by atoms with van der Waals surface area (Å²) in [6, 6.07) is 3.92. The first kappa shape index (κ1) is 15.5. The third-order valence-corrected chi connectivity index (χ3v) is 5.01. The van der Waals surface area contributed by atoms with Crippen LogP contribution in [0.5, 0.6) is 0 Å². The van der Waals surface area contributed by atoms with Gasteiger partial charge in [0.15, 0.2) is 0 Å². The van der Waals surface area contributed by atoms with Gasteiger partial charge in [-0.05, 0) is 50.3 Å². The van der Waals surface area contributed by atoms with Crippen molar-refractivity contribution >= 4 is 5.91 Å². The van der Waals surface area contributed by atoms with Gasteiger partial charge in [0.1, 0.15) is 0 Å². The van der Waals surface area contributed by atoms with Crippen LogP contribution < -0.4 is 5.32 Å². The molecule has 0 radical (unpaired) electrons. The summed E-state index contributed by atoms with van der Waals surface area (Å²) in [7, 11) is 0. The summed E-state index contributed by atoms with van der Waals surface area (Å²) in [5.41, 5.74) is 0.659. The Kier molecular flexibility index (Phi) is 5.43. The van der Waals surface area contributed by atoms with Gasteiger partial charge in [-0.1, -0.05) is 19.3 Å². The van der Waals surface area contributed by atoms with Gasteiger partial charge in [-0.3, -0.25) is 9.78 Å². The summed E-state index contributed by atoms with van der Waals surface area (Å²) in [6.07, 6.45) is 12.6. The molecule has 3 rings (SSSR count). The van der Waals surface area contributed by atoms with E-state index in [-0.39, 0.29) is 11.9 Å². The van der Waals surface area contributed by atoms with E-state index in [4.69, 9.17) is 0 Å². The van der Waals surface area contributed by atoms with Gasteiger partial charge in [-0.15, -0.1) is 0 Å². The standard InChI is InChI=1S/C18H27N3O/c22-18(16-8-4-10-19-12-16)20-17-9-5-11-21(14-17)13-15-6-2-1-3-7-15/h4,8,10,12,15,17H,1-3,5-7,9,11,13-14H2,(H,20,22). The molecule has 120 valence electrons. The maximum Gasteiger partial charge on any atom is 0.253 e. The lowest BCUT2D eigenvalue weighted by Gasteiger charge is -2.36. The molecule has 1 aromatic heterocycles. The number of carbonyl (C=O) groups is 1. The van der Waals surface area contributed by atoms with Crippen molar-refractivity contribution in [3.8, 4) is 0 Å². The summed E-state index contributed by atoms with van der Waals surface area (Å²) < 4.78 is 0. The fourth-order valence-corrected chi connectivity index (χ4v) is 3.84. The van der Waals surface area contributed by atoms with Crippen molar-refractivity contribution in [2.24, 2.45) is 5.92 Å². The predicted octanol–water partition coefficient (Wildman–Crippen LogP) is 2.86. The average Bonchev–Trinajstić information content (AvgIpc) is 2.57. The maximum absolute atomic E-state index is 12.2. The highest BCUT2D eigenvalue weighted by Crippen LogP contribution is 2.25. The zero-order valence-corrected chi connectivity index (χ0v) is 13.3. The van der Waals surface area contributed by atoms with Crippen LogP contribution in [0.15, 0.2) is 24.5 Å². The molecular formula is C18H27N3O. The number of piperidine rings is 1. The number of rotatable bonds is 4. The van der Waals surface area contributed by atoms with Crippen molar-refractivity contribution in [3.05, 3.63) is 30.1 Å². The molecule has 2 heterocycles. The molecule has 4 heteroatoms. The van der Waals surface area contributed by atoms with Crippen molar-refractivity contribution in [1.82, 2.24) is 15.2 Å². The van der Waals surface area contributed by atoms with Crippen LogP contribution >= 0.6 is 0 Å². The Morgan fingerprint density at radius 1 is 1.23 bits per heavy atom. The zero-order chi connectivity index (χ0) is 15.2. The first-order valence-electron chi connectivity index (χ1n) is 8.74. The molecule has 2 fully saturated rings. The van der Waals surface area contributed by atoms with Gasteiger partial charge in [0, 0.05) is 31.5 Å². The summed E-state index contributed by atoms with van der Waals surface area (Å²) in [4.78, 5) is 18.8. The highest BCUT2D eigenvalue weighted by atomic mass is 16.1. The molecule has 1 saturated heterocycles. The first-order chi connectivity index (χ1) is 10.8. The minimum Gasteiger partial charge on any atom is -0.348 e. The molecule has 1 N–H and O–H groups in total. The average molecular weight is 301 g/mol. The number of hydrogen-bond donors (Lipinski definition) is 1. The molecule has 1 aliphatic heterocycles. The van der Waals surface area contributed by atoms with Gasteiger partial charge in [-0.2, -0.15) is 0 Å². The van der Waals surface area contributed by atoms with E-state index in [2.05, 4.69) is 15.2 Å². The molecule has 2 aliphatic rings. The second-order valence-corrected chi connectivity index (χ2v) is 6.82. The zero-order valence-electron chi connectivity index (χ0n) is 13.3. The van der Waals surface area contributed by atoms with Crippen molar-refractivity contribution < 1.29 is 4.79 Å². The minimum atomic E-state index is 0.0117. The fraction of sp³-hybridized carbons (Fsp3) is 0.667. The molecule has 0 spiro atoms. The van der Waals surface area contributed by atoms with Crippen LogP contribution in [-0.4, -0.2) is 41.5 Å². The topological polar surface area (TPSA) is 45.2 Å². The number of carbonyl (C=O) groups excluding carboxylic acids is 1. The van der Waals surface area contributed by atoms with Crippen LogP contribution in [0.1, 0.15) is 55.3 Å². The van der Waals surface area contributed by atoms with Crippen molar-refractivity contribution in [2.75, 3.05) is 19.6 Å². The van der Waals surface area contributed by atoms with Crippen molar-refractivity contribution in [3.63, 3.8) is 0 Å². The normalized spacial score (nSPS) is 24.1. The lowest BCUT2D eigenvalue weighted by atomic mass is 9.88. The summed E-state index contributed by atoms with van der Waals surface area (Å²) >= 11 is 0. The van der Waals surface area contributed by atoms with Gasteiger partial charge >= 0.3 is 0 Å². The second-order valence-electron chi connectivity index (χ2n) is 6.82. The van der Waals surface area contributed by atoms with E-state index in [0.29, 0.717) is 5.56 Å². The van der Waals surface area contributed by atoms with Crippen LogP contribution in [0.4, 0.5) is 0 Å². The Morgan fingerprint density at radius 2 is 2.09 bits per heavy atom. The SMILES string of the molecule is O=C(NC1CCCN(CC2CCCCC2)C1)c1cccnc1. The molecule has 22 heavy (non-hydrogen) atoms. The molecule has 1 aliphatic carbocycles. The molecule has 1 saturated carbocycles. The molecular weight excluding hydrogens is 274 g/mol.